The van der Waals surface area contributed by atoms with Crippen molar-refractivity contribution in [1.82, 2.24) is 5.32 Å². The van der Waals surface area contributed by atoms with Crippen molar-refractivity contribution in [3.63, 3.8) is 0 Å². The molecule has 1 aliphatic rings. The largest absolute Gasteiger partial charge is 0.312 e. The standard InChI is InChI=1S/C15H15N/c1-2-5-12(6-3-1)14-8-4-7-13-11-16-10-9-15(13)14/h1-8,16H,9-11H2. The summed E-state index contributed by atoms with van der Waals surface area (Å²) in [5, 5.41) is 3.42. The fourth-order valence-corrected chi connectivity index (χ4v) is 2.42. The third-order valence-electron chi connectivity index (χ3n) is 3.23. The number of fused-ring (bicyclic) bond motifs is 1. The summed E-state index contributed by atoms with van der Waals surface area (Å²) in [7, 11) is 0. The summed E-state index contributed by atoms with van der Waals surface area (Å²) in [6, 6.07) is 17.3. The molecular weight excluding hydrogens is 194 g/mol. The van der Waals surface area contributed by atoms with E-state index >= 15 is 0 Å². The molecule has 0 unspecified atom stereocenters. The van der Waals surface area contributed by atoms with Crippen LogP contribution in [0.15, 0.2) is 48.5 Å². The van der Waals surface area contributed by atoms with Gasteiger partial charge in [0.1, 0.15) is 0 Å². The second-order valence-corrected chi connectivity index (χ2v) is 4.24. The Labute approximate surface area is 96.1 Å². The molecule has 0 saturated carbocycles. The quantitative estimate of drug-likeness (QED) is 0.761. The van der Waals surface area contributed by atoms with Gasteiger partial charge in [-0.25, -0.2) is 0 Å². The predicted molar refractivity (Wildman–Crippen MR) is 67.3 cm³/mol. The van der Waals surface area contributed by atoms with Gasteiger partial charge in [-0.15, -0.1) is 0 Å². The van der Waals surface area contributed by atoms with Crippen molar-refractivity contribution in [2.45, 2.75) is 13.0 Å². The van der Waals surface area contributed by atoms with E-state index in [0.29, 0.717) is 0 Å². The molecule has 1 N–H and O–H groups in total. The lowest BCUT2D eigenvalue weighted by atomic mass is 9.91. The third kappa shape index (κ3) is 1.63. The minimum absolute atomic E-state index is 1.01. The Morgan fingerprint density at radius 3 is 2.62 bits per heavy atom. The number of rotatable bonds is 1. The van der Waals surface area contributed by atoms with Crippen molar-refractivity contribution in [1.29, 1.82) is 0 Å². The first-order valence-electron chi connectivity index (χ1n) is 5.82. The van der Waals surface area contributed by atoms with Crippen LogP contribution in [0.1, 0.15) is 11.1 Å². The van der Waals surface area contributed by atoms with E-state index in [0.717, 1.165) is 19.5 Å². The van der Waals surface area contributed by atoms with E-state index in [2.05, 4.69) is 53.8 Å². The molecule has 0 aliphatic carbocycles. The Hall–Kier alpha value is -1.60. The van der Waals surface area contributed by atoms with Crippen LogP contribution in [0, 0.1) is 0 Å². The molecule has 1 heteroatoms. The summed E-state index contributed by atoms with van der Waals surface area (Å²) in [4.78, 5) is 0. The fraction of sp³-hybridized carbons (Fsp3) is 0.200. The zero-order valence-corrected chi connectivity index (χ0v) is 9.24. The molecule has 0 fully saturated rings. The number of benzene rings is 2. The average Bonchev–Trinajstić information content (AvgIpc) is 2.39. The molecule has 16 heavy (non-hydrogen) atoms. The van der Waals surface area contributed by atoms with Gasteiger partial charge in [0.2, 0.25) is 0 Å². The van der Waals surface area contributed by atoms with Crippen LogP contribution in [0.4, 0.5) is 0 Å². The summed E-state index contributed by atoms with van der Waals surface area (Å²) in [5.74, 6) is 0. The minimum Gasteiger partial charge on any atom is -0.312 e. The molecule has 0 spiro atoms. The highest BCUT2D eigenvalue weighted by atomic mass is 14.9. The van der Waals surface area contributed by atoms with Crippen molar-refractivity contribution in [2.24, 2.45) is 0 Å². The normalized spacial score (nSPS) is 14.5. The average molecular weight is 209 g/mol. The van der Waals surface area contributed by atoms with Gasteiger partial charge in [-0.2, -0.15) is 0 Å². The van der Waals surface area contributed by atoms with Gasteiger partial charge >= 0.3 is 0 Å². The van der Waals surface area contributed by atoms with E-state index in [-0.39, 0.29) is 0 Å². The van der Waals surface area contributed by atoms with Gasteiger partial charge in [0, 0.05) is 6.54 Å². The Morgan fingerprint density at radius 2 is 1.75 bits per heavy atom. The molecule has 0 aromatic heterocycles. The summed E-state index contributed by atoms with van der Waals surface area (Å²) >= 11 is 0. The molecule has 0 bridgehead atoms. The maximum Gasteiger partial charge on any atom is 0.0208 e. The Balaban J connectivity index is 2.14. The number of hydrogen-bond acceptors (Lipinski definition) is 1. The lowest BCUT2D eigenvalue weighted by Crippen LogP contribution is -2.23. The Morgan fingerprint density at radius 1 is 0.875 bits per heavy atom. The van der Waals surface area contributed by atoms with Crippen LogP contribution in [0.2, 0.25) is 0 Å². The van der Waals surface area contributed by atoms with Gasteiger partial charge in [0.05, 0.1) is 0 Å². The van der Waals surface area contributed by atoms with Gasteiger partial charge in [-0.05, 0) is 35.2 Å². The van der Waals surface area contributed by atoms with E-state index in [1.807, 2.05) is 0 Å². The van der Waals surface area contributed by atoms with Crippen LogP contribution in [0.5, 0.6) is 0 Å². The van der Waals surface area contributed by atoms with Crippen LogP contribution in [0.25, 0.3) is 11.1 Å². The molecule has 2 aromatic carbocycles. The molecule has 0 radical (unpaired) electrons. The summed E-state index contributed by atoms with van der Waals surface area (Å²) < 4.78 is 0. The van der Waals surface area contributed by atoms with Crippen molar-refractivity contribution in [3.8, 4) is 11.1 Å². The van der Waals surface area contributed by atoms with Crippen LogP contribution in [-0.4, -0.2) is 6.54 Å². The molecule has 0 amide bonds. The van der Waals surface area contributed by atoms with Gasteiger partial charge in [0.15, 0.2) is 0 Å². The van der Waals surface area contributed by atoms with Gasteiger partial charge in [-0.3, -0.25) is 0 Å². The van der Waals surface area contributed by atoms with Crippen LogP contribution in [0.3, 0.4) is 0 Å². The van der Waals surface area contributed by atoms with Crippen molar-refractivity contribution in [2.75, 3.05) is 6.54 Å². The first-order chi connectivity index (χ1) is 7.95. The molecule has 0 atom stereocenters. The van der Waals surface area contributed by atoms with Crippen molar-refractivity contribution >= 4 is 0 Å². The van der Waals surface area contributed by atoms with Gasteiger partial charge in [-0.1, -0.05) is 48.5 Å². The SMILES string of the molecule is c1ccc(-c2cccc3c2CCNC3)cc1. The molecule has 0 saturated heterocycles. The number of nitrogens with one attached hydrogen (secondary N) is 1. The Bertz CT molecular complexity index is 488. The lowest BCUT2D eigenvalue weighted by molar-refractivity contribution is 0.645. The van der Waals surface area contributed by atoms with E-state index in [9.17, 15) is 0 Å². The topological polar surface area (TPSA) is 12.0 Å². The Kier molecular flexibility index (Phi) is 2.47. The maximum atomic E-state index is 3.42. The summed E-state index contributed by atoms with van der Waals surface area (Å²) in [6.07, 6.45) is 1.14. The first kappa shape index (κ1) is 9.61. The zero-order chi connectivity index (χ0) is 10.8. The second-order valence-electron chi connectivity index (χ2n) is 4.24. The highest BCUT2D eigenvalue weighted by molar-refractivity contribution is 5.69. The fourth-order valence-electron chi connectivity index (χ4n) is 2.42. The summed E-state index contributed by atoms with van der Waals surface area (Å²) in [5.41, 5.74) is 5.71. The molecule has 1 nitrogen and oxygen atoms in total. The van der Waals surface area contributed by atoms with E-state index in [1.165, 1.54) is 22.3 Å². The maximum absolute atomic E-state index is 3.42. The molecule has 80 valence electrons. The van der Waals surface area contributed by atoms with E-state index in [1.54, 1.807) is 0 Å². The first-order valence-corrected chi connectivity index (χ1v) is 5.82. The highest BCUT2D eigenvalue weighted by Gasteiger charge is 2.12. The smallest absolute Gasteiger partial charge is 0.0208 e. The molecule has 3 rings (SSSR count). The minimum atomic E-state index is 1.01. The van der Waals surface area contributed by atoms with Crippen molar-refractivity contribution in [3.05, 3.63) is 59.7 Å². The van der Waals surface area contributed by atoms with Gasteiger partial charge in [0.25, 0.3) is 0 Å². The molecule has 1 aliphatic heterocycles. The zero-order valence-electron chi connectivity index (χ0n) is 9.24. The highest BCUT2D eigenvalue weighted by Crippen LogP contribution is 2.27. The van der Waals surface area contributed by atoms with Crippen LogP contribution >= 0.6 is 0 Å². The molecular formula is C15H15N. The monoisotopic (exact) mass is 209 g/mol. The van der Waals surface area contributed by atoms with E-state index < -0.39 is 0 Å². The van der Waals surface area contributed by atoms with Crippen LogP contribution < -0.4 is 5.32 Å². The molecule has 2 aromatic rings. The lowest BCUT2D eigenvalue weighted by Gasteiger charge is -2.20. The third-order valence-corrected chi connectivity index (χ3v) is 3.23. The molecule has 1 heterocycles. The van der Waals surface area contributed by atoms with Gasteiger partial charge < -0.3 is 5.32 Å². The van der Waals surface area contributed by atoms with Crippen LogP contribution in [-0.2, 0) is 13.0 Å². The summed E-state index contributed by atoms with van der Waals surface area (Å²) in [6.45, 7) is 2.10. The van der Waals surface area contributed by atoms with Crippen molar-refractivity contribution < 1.29 is 0 Å². The van der Waals surface area contributed by atoms with E-state index in [4.69, 9.17) is 0 Å². The predicted octanol–water partition coefficient (Wildman–Crippen LogP) is 3.00. The number of hydrogen-bond donors (Lipinski definition) is 1. The second kappa shape index (κ2) is 4.11.